The molecule has 0 spiro atoms. The minimum atomic E-state index is -0.164. The number of amides is 2. The van der Waals surface area contributed by atoms with Crippen LogP contribution in [0.2, 0.25) is 0 Å². The SMILES string of the molecule is Cc1cc(N2CCSCC2)ccc1NC(=O)N[C@H](C)[C@H]1CCCO1. The average Bonchev–Trinajstić information content (AvgIpc) is 3.12. The van der Waals surface area contributed by atoms with Crippen molar-refractivity contribution >= 4 is 29.2 Å². The van der Waals surface area contributed by atoms with Crippen molar-refractivity contribution in [2.45, 2.75) is 38.8 Å². The predicted molar refractivity (Wildman–Crippen MR) is 101 cm³/mol. The maximum atomic E-state index is 12.2. The van der Waals surface area contributed by atoms with Gasteiger partial charge in [-0.25, -0.2) is 4.79 Å². The van der Waals surface area contributed by atoms with Crippen LogP contribution in [0.15, 0.2) is 18.2 Å². The summed E-state index contributed by atoms with van der Waals surface area (Å²) in [5.74, 6) is 2.37. The third kappa shape index (κ3) is 4.36. The van der Waals surface area contributed by atoms with Crippen LogP contribution in [0.25, 0.3) is 0 Å². The zero-order valence-corrected chi connectivity index (χ0v) is 15.3. The number of carbonyl (C=O) groups is 1. The first-order valence-electron chi connectivity index (χ1n) is 8.76. The van der Waals surface area contributed by atoms with E-state index in [4.69, 9.17) is 4.74 Å². The van der Waals surface area contributed by atoms with Crippen molar-refractivity contribution in [2.75, 3.05) is 41.4 Å². The molecule has 2 atom stereocenters. The van der Waals surface area contributed by atoms with Gasteiger partial charge in [-0.05, 0) is 50.5 Å². The number of ether oxygens (including phenoxy) is 1. The van der Waals surface area contributed by atoms with Crippen LogP contribution in [-0.4, -0.2) is 49.4 Å². The van der Waals surface area contributed by atoms with Crippen LogP contribution in [0.4, 0.5) is 16.2 Å². The fourth-order valence-corrected chi connectivity index (χ4v) is 4.16. The minimum Gasteiger partial charge on any atom is -0.376 e. The van der Waals surface area contributed by atoms with Gasteiger partial charge in [-0.3, -0.25) is 0 Å². The molecule has 0 aliphatic carbocycles. The predicted octanol–water partition coefficient (Wildman–Crippen LogP) is 3.24. The quantitative estimate of drug-likeness (QED) is 0.876. The molecule has 3 rings (SSSR count). The molecule has 2 aliphatic rings. The van der Waals surface area contributed by atoms with Gasteiger partial charge in [-0.2, -0.15) is 11.8 Å². The van der Waals surface area contributed by atoms with Crippen molar-refractivity contribution in [2.24, 2.45) is 0 Å². The summed E-state index contributed by atoms with van der Waals surface area (Å²) in [6.07, 6.45) is 2.23. The lowest BCUT2D eigenvalue weighted by Gasteiger charge is -2.29. The molecule has 0 aromatic heterocycles. The highest BCUT2D eigenvalue weighted by atomic mass is 32.2. The Morgan fingerprint density at radius 2 is 2.17 bits per heavy atom. The lowest BCUT2D eigenvalue weighted by Crippen LogP contribution is -2.43. The lowest BCUT2D eigenvalue weighted by molar-refractivity contribution is 0.0868. The van der Waals surface area contributed by atoms with Crippen molar-refractivity contribution in [1.82, 2.24) is 5.32 Å². The third-order valence-corrected chi connectivity index (χ3v) is 5.66. The normalized spacial score (nSPS) is 22.2. The van der Waals surface area contributed by atoms with Gasteiger partial charge in [0.15, 0.2) is 0 Å². The summed E-state index contributed by atoms with van der Waals surface area (Å²) in [6, 6.07) is 6.13. The van der Waals surface area contributed by atoms with Crippen LogP contribution in [0.3, 0.4) is 0 Å². The Balaban J connectivity index is 1.57. The zero-order chi connectivity index (χ0) is 16.9. The average molecular weight is 350 g/mol. The summed E-state index contributed by atoms with van der Waals surface area (Å²) in [4.78, 5) is 14.6. The molecule has 6 heteroatoms. The Labute approximate surface area is 148 Å². The number of nitrogens with one attached hydrogen (secondary N) is 2. The molecule has 2 saturated heterocycles. The van der Waals surface area contributed by atoms with Crippen LogP contribution in [0.5, 0.6) is 0 Å². The molecule has 0 radical (unpaired) electrons. The second kappa shape index (κ2) is 8.12. The van der Waals surface area contributed by atoms with E-state index in [1.54, 1.807) is 0 Å². The second-order valence-electron chi connectivity index (χ2n) is 6.54. The molecule has 0 unspecified atom stereocenters. The Kier molecular flexibility index (Phi) is 5.89. The molecule has 2 aliphatic heterocycles. The number of rotatable bonds is 4. The van der Waals surface area contributed by atoms with Crippen LogP contribution < -0.4 is 15.5 Å². The Morgan fingerprint density at radius 1 is 1.38 bits per heavy atom. The molecule has 2 fully saturated rings. The van der Waals surface area contributed by atoms with Crippen molar-refractivity contribution < 1.29 is 9.53 Å². The van der Waals surface area contributed by atoms with E-state index in [0.717, 1.165) is 43.8 Å². The van der Waals surface area contributed by atoms with E-state index in [0.29, 0.717) is 0 Å². The largest absolute Gasteiger partial charge is 0.376 e. The van der Waals surface area contributed by atoms with Crippen LogP contribution in [-0.2, 0) is 4.74 Å². The van der Waals surface area contributed by atoms with E-state index < -0.39 is 0 Å². The van der Waals surface area contributed by atoms with Gasteiger partial charge >= 0.3 is 6.03 Å². The van der Waals surface area contributed by atoms with Gasteiger partial charge in [0.05, 0.1) is 12.1 Å². The Bertz CT molecular complexity index is 569. The van der Waals surface area contributed by atoms with Crippen molar-refractivity contribution in [3.8, 4) is 0 Å². The molecule has 2 amide bonds. The molecule has 0 bridgehead atoms. The first-order valence-corrected chi connectivity index (χ1v) is 9.91. The number of thioether (sulfide) groups is 1. The number of urea groups is 1. The summed E-state index contributed by atoms with van der Waals surface area (Å²) in [7, 11) is 0. The topological polar surface area (TPSA) is 53.6 Å². The molecule has 1 aromatic rings. The molecular weight excluding hydrogens is 322 g/mol. The Morgan fingerprint density at radius 3 is 2.83 bits per heavy atom. The summed E-state index contributed by atoms with van der Waals surface area (Å²) in [6.45, 7) is 7.03. The summed E-state index contributed by atoms with van der Waals surface area (Å²) in [5.41, 5.74) is 3.19. The maximum Gasteiger partial charge on any atom is 0.319 e. The van der Waals surface area contributed by atoms with E-state index in [-0.39, 0.29) is 18.2 Å². The van der Waals surface area contributed by atoms with Gasteiger partial charge in [0, 0.05) is 42.6 Å². The molecule has 1 aromatic carbocycles. The molecule has 2 N–H and O–H groups in total. The fraction of sp³-hybridized carbons (Fsp3) is 0.611. The Hall–Kier alpha value is -1.40. The number of nitrogens with zero attached hydrogens (tertiary/aromatic N) is 1. The maximum absolute atomic E-state index is 12.2. The highest BCUT2D eigenvalue weighted by molar-refractivity contribution is 7.99. The van der Waals surface area contributed by atoms with E-state index >= 15 is 0 Å². The van der Waals surface area contributed by atoms with E-state index in [1.165, 1.54) is 17.2 Å². The molecule has 24 heavy (non-hydrogen) atoms. The molecular formula is C18H27N3O2S. The minimum absolute atomic E-state index is 0.0259. The van der Waals surface area contributed by atoms with Crippen molar-refractivity contribution in [3.63, 3.8) is 0 Å². The van der Waals surface area contributed by atoms with Crippen LogP contribution in [0, 0.1) is 6.92 Å². The van der Waals surface area contributed by atoms with Crippen molar-refractivity contribution in [3.05, 3.63) is 23.8 Å². The van der Waals surface area contributed by atoms with E-state index in [9.17, 15) is 4.79 Å². The first kappa shape index (κ1) is 17.4. The van der Waals surface area contributed by atoms with Gasteiger partial charge < -0.3 is 20.3 Å². The zero-order valence-electron chi connectivity index (χ0n) is 14.5. The number of carbonyl (C=O) groups excluding carboxylic acids is 1. The fourth-order valence-electron chi connectivity index (χ4n) is 3.26. The summed E-state index contributed by atoms with van der Waals surface area (Å²) in [5, 5.41) is 5.95. The van der Waals surface area contributed by atoms with Gasteiger partial charge in [-0.15, -0.1) is 0 Å². The molecule has 132 valence electrons. The molecule has 2 heterocycles. The van der Waals surface area contributed by atoms with Gasteiger partial charge in [0.25, 0.3) is 0 Å². The summed E-state index contributed by atoms with van der Waals surface area (Å²) >= 11 is 2.01. The number of aryl methyl sites for hydroxylation is 1. The number of hydrogen-bond acceptors (Lipinski definition) is 4. The van der Waals surface area contributed by atoms with Crippen LogP contribution in [0.1, 0.15) is 25.3 Å². The van der Waals surface area contributed by atoms with E-state index in [1.807, 2.05) is 31.7 Å². The van der Waals surface area contributed by atoms with Gasteiger partial charge in [0.1, 0.15) is 0 Å². The highest BCUT2D eigenvalue weighted by Crippen LogP contribution is 2.25. The molecule has 0 saturated carbocycles. The van der Waals surface area contributed by atoms with Crippen LogP contribution >= 0.6 is 11.8 Å². The van der Waals surface area contributed by atoms with Crippen molar-refractivity contribution in [1.29, 1.82) is 0 Å². The first-order chi connectivity index (χ1) is 11.6. The molecule has 5 nitrogen and oxygen atoms in total. The van der Waals surface area contributed by atoms with E-state index in [2.05, 4.69) is 27.7 Å². The monoisotopic (exact) mass is 349 g/mol. The number of anilines is 2. The summed E-state index contributed by atoms with van der Waals surface area (Å²) < 4.78 is 5.62. The number of hydrogen-bond donors (Lipinski definition) is 2. The third-order valence-electron chi connectivity index (χ3n) is 4.72. The number of benzene rings is 1. The standard InChI is InChI=1S/C18H27N3O2S/c1-13-12-15(21-7-10-24-11-8-21)5-6-16(13)20-18(22)19-14(2)17-4-3-9-23-17/h5-6,12,14,17H,3-4,7-11H2,1-2H3,(H2,19,20,22)/t14-,17-/m1/s1. The highest BCUT2D eigenvalue weighted by Gasteiger charge is 2.23. The van der Waals surface area contributed by atoms with Gasteiger partial charge in [-0.1, -0.05) is 0 Å². The second-order valence-corrected chi connectivity index (χ2v) is 7.76. The van der Waals surface area contributed by atoms with Gasteiger partial charge in [0.2, 0.25) is 0 Å². The smallest absolute Gasteiger partial charge is 0.319 e. The lowest BCUT2D eigenvalue weighted by atomic mass is 10.1.